The van der Waals surface area contributed by atoms with Crippen molar-refractivity contribution in [3.8, 4) is 0 Å². The van der Waals surface area contributed by atoms with E-state index in [2.05, 4.69) is 0 Å². The van der Waals surface area contributed by atoms with Gasteiger partial charge >= 0.3 is 5.97 Å². The Kier molecular flexibility index (Phi) is 8.38. The molecule has 3 nitrogen and oxygen atoms in total. The van der Waals surface area contributed by atoms with E-state index < -0.39 is 0 Å². The molecule has 15 heavy (non-hydrogen) atoms. The minimum absolute atomic E-state index is 0.00672. The van der Waals surface area contributed by atoms with E-state index in [1.807, 2.05) is 13.8 Å². The molecule has 0 aromatic carbocycles. The summed E-state index contributed by atoms with van der Waals surface area (Å²) < 4.78 is 5.02. The summed E-state index contributed by atoms with van der Waals surface area (Å²) in [6.07, 6.45) is 5.23. The van der Waals surface area contributed by atoms with E-state index in [4.69, 9.17) is 9.84 Å². The lowest BCUT2D eigenvalue weighted by molar-refractivity contribution is -0.147. The van der Waals surface area contributed by atoms with Crippen LogP contribution in [0.1, 0.15) is 59.3 Å². The van der Waals surface area contributed by atoms with Gasteiger partial charge in [0.15, 0.2) is 0 Å². The number of carbonyl (C=O) groups is 1. The van der Waals surface area contributed by atoms with Crippen LogP contribution in [0, 0.1) is 0 Å². The largest absolute Gasteiger partial charge is 0.463 e. The highest BCUT2D eigenvalue weighted by atomic mass is 16.5. The fraction of sp³-hybridized carbons (Fsp3) is 0.917. The van der Waals surface area contributed by atoms with Gasteiger partial charge in [0.25, 0.3) is 0 Å². The lowest BCUT2D eigenvalue weighted by Gasteiger charge is -2.07. The zero-order valence-corrected chi connectivity index (χ0v) is 10.2. The fourth-order valence-electron chi connectivity index (χ4n) is 1.38. The smallest absolute Gasteiger partial charge is 0.306 e. The zero-order chi connectivity index (χ0) is 11.7. The number of carbonyl (C=O) groups excluding carboxylic acids is 1. The summed E-state index contributed by atoms with van der Waals surface area (Å²) in [5.74, 6) is -0.0967. The number of aliphatic hydroxyl groups is 1. The number of hydrogen-bond donors (Lipinski definition) is 1. The summed E-state index contributed by atoms with van der Waals surface area (Å²) in [7, 11) is 0. The Morgan fingerprint density at radius 1 is 1.13 bits per heavy atom. The third kappa shape index (κ3) is 11.4. The number of esters is 1. The topological polar surface area (TPSA) is 46.5 Å². The van der Waals surface area contributed by atoms with Gasteiger partial charge in [-0.3, -0.25) is 4.79 Å². The summed E-state index contributed by atoms with van der Waals surface area (Å²) in [6.45, 7) is 5.53. The highest BCUT2D eigenvalue weighted by Crippen LogP contribution is 2.08. The number of aliphatic hydroxyl groups excluding tert-OH is 1. The average Bonchev–Trinajstić information content (AvgIpc) is 2.09. The number of unbranched alkanes of at least 4 members (excludes halogenated alkanes) is 3. The van der Waals surface area contributed by atoms with E-state index in [0.29, 0.717) is 6.42 Å². The molecule has 0 saturated carbocycles. The first kappa shape index (κ1) is 14.4. The predicted octanol–water partition coefficient (Wildman–Crippen LogP) is 2.66. The van der Waals surface area contributed by atoms with Crippen LogP contribution >= 0.6 is 0 Å². The monoisotopic (exact) mass is 216 g/mol. The quantitative estimate of drug-likeness (QED) is 0.501. The molecule has 1 atom stereocenters. The Balaban J connectivity index is 3.20. The van der Waals surface area contributed by atoms with Gasteiger partial charge in [-0.25, -0.2) is 0 Å². The molecule has 0 aliphatic heterocycles. The Morgan fingerprint density at radius 2 is 1.73 bits per heavy atom. The molecule has 0 fully saturated rings. The minimum atomic E-state index is -0.198. The SMILES string of the molecule is CC(O)CCCCCCC(=O)OC(C)C. The van der Waals surface area contributed by atoms with E-state index in [9.17, 15) is 4.79 Å². The summed E-state index contributed by atoms with van der Waals surface area (Å²) in [5, 5.41) is 9.02. The summed E-state index contributed by atoms with van der Waals surface area (Å²) in [5.41, 5.74) is 0. The third-order valence-corrected chi connectivity index (χ3v) is 2.12. The molecule has 0 bridgehead atoms. The normalized spacial score (nSPS) is 12.9. The van der Waals surface area contributed by atoms with Gasteiger partial charge in [-0.2, -0.15) is 0 Å². The van der Waals surface area contributed by atoms with Crippen LogP contribution in [0.2, 0.25) is 0 Å². The molecule has 1 unspecified atom stereocenters. The van der Waals surface area contributed by atoms with Crippen LogP contribution in [0.25, 0.3) is 0 Å². The molecule has 0 rings (SSSR count). The number of ether oxygens (including phenoxy) is 1. The zero-order valence-electron chi connectivity index (χ0n) is 10.2. The second-order valence-corrected chi connectivity index (χ2v) is 4.34. The molecule has 0 aromatic heterocycles. The predicted molar refractivity (Wildman–Crippen MR) is 60.6 cm³/mol. The Labute approximate surface area is 92.8 Å². The molecule has 0 aliphatic rings. The first-order valence-corrected chi connectivity index (χ1v) is 5.90. The van der Waals surface area contributed by atoms with Crippen molar-refractivity contribution in [2.45, 2.75) is 71.5 Å². The first-order valence-electron chi connectivity index (χ1n) is 5.90. The lowest BCUT2D eigenvalue weighted by Crippen LogP contribution is -2.10. The molecule has 0 aliphatic carbocycles. The first-order chi connectivity index (χ1) is 7.02. The van der Waals surface area contributed by atoms with Gasteiger partial charge in [0, 0.05) is 6.42 Å². The van der Waals surface area contributed by atoms with Crippen molar-refractivity contribution in [3.05, 3.63) is 0 Å². The molecule has 0 aromatic rings. The molecule has 0 saturated heterocycles. The van der Waals surface area contributed by atoms with Crippen LogP contribution in [-0.2, 0) is 9.53 Å². The Morgan fingerprint density at radius 3 is 2.27 bits per heavy atom. The third-order valence-electron chi connectivity index (χ3n) is 2.12. The maximum Gasteiger partial charge on any atom is 0.306 e. The number of hydrogen-bond acceptors (Lipinski definition) is 3. The second kappa shape index (κ2) is 8.72. The maximum atomic E-state index is 11.1. The van der Waals surface area contributed by atoms with Crippen LogP contribution in [0.5, 0.6) is 0 Å². The minimum Gasteiger partial charge on any atom is -0.463 e. The lowest BCUT2D eigenvalue weighted by atomic mass is 10.1. The van der Waals surface area contributed by atoms with Crippen molar-refractivity contribution in [2.24, 2.45) is 0 Å². The van der Waals surface area contributed by atoms with E-state index in [1.54, 1.807) is 6.92 Å². The van der Waals surface area contributed by atoms with Crippen LogP contribution in [0.3, 0.4) is 0 Å². The summed E-state index contributed by atoms with van der Waals surface area (Å²) in [6, 6.07) is 0. The molecular weight excluding hydrogens is 192 g/mol. The average molecular weight is 216 g/mol. The number of rotatable bonds is 8. The molecule has 0 spiro atoms. The van der Waals surface area contributed by atoms with Gasteiger partial charge in [-0.15, -0.1) is 0 Å². The van der Waals surface area contributed by atoms with E-state index in [-0.39, 0.29) is 18.2 Å². The summed E-state index contributed by atoms with van der Waals surface area (Å²) in [4.78, 5) is 11.1. The molecule has 0 heterocycles. The second-order valence-electron chi connectivity index (χ2n) is 4.34. The van der Waals surface area contributed by atoms with E-state index in [0.717, 1.165) is 32.1 Å². The van der Waals surface area contributed by atoms with E-state index in [1.165, 1.54) is 0 Å². The van der Waals surface area contributed by atoms with Gasteiger partial charge < -0.3 is 9.84 Å². The molecule has 3 heteroatoms. The van der Waals surface area contributed by atoms with Crippen molar-refractivity contribution in [1.82, 2.24) is 0 Å². The summed E-state index contributed by atoms with van der Waals surface area (Å²) >= 11 is 0. The van der Waals surface area contributed by atoms with Crippen molar-refractivity contribution in [3.63, 3.8) is 0 Å². The van der Waals surface area contributed by atoms with Crippen molar-refractivity contribution in [1.29, 1.82) is 0 Å². The maximum absolute atomic E-state index is 11.1. The molecule has 1 N–H and O–H groups in total. The van der Waals surface area contributed by atoms with Gasteiger partial charge in [-0.05, 0) is 33.6 Å². The standard InChI is InChI=1S/C12H24O3/c1-10(2)15-12(14)9-7-5-4-6-8-11(3)13/h10-11,13H,4-9H2,1-3H3. The van der Waals surface area contributed by atoms with Gasteiger partial charge in [0.1, 0.15) is 0 Å². The highest BCUT2D eigenvalue weighted by molar-refractivity contribution is 5.69. The van der Waals surface area contributed by atoms with Gasteiger partial charge in [0.05, 0.1) is 12.2 Å². The Bertz CT molecular complexity index is 164. The van der Waals surface area contributed by atoms with Crippen LogP contribution in [0.15, 0.2) is 0 Å². The Hall–Kier alpha value is -0.570. The molecule has 0 radical (unpaired) electrons. The van der Waals surface area contributed by atoms with Crippen molar-refractivity contribution in [2.75, 3.05) is 0 Å². The van der Waals surface area contributed by atoms with Crippen LogP contribution in [-0.4, -0.2) is 23.3 Å². The van der Waals surface area contributed by atoms with E-state index >= 15 is 0 Å². The molecular formula is C12H24O3. The highest BCUT2D eigenvalue weighted by Gasteiger charge is 2.04. The molecule has 0 amide bonds. The van der Waals surface area contributed by atoms with Crippen molar-refractivity contribution < 1.29 is 14.6 Å². The van der Waals surface area contributed by atoms with Gasteiger partial charge in [-0.1, -0.05) is 19.3 Å². The van der Waals surface area contributed by atoms with Crippen LogP contribution in [0.4, 0.5) is 0 Å². The van der Waals surface area contributed by atoms with Crippen LogP contribution < -0.4 is 0 Å². The fourth-order valence-corrected chi connectivity index (χ4v) is 1.38. The molecule has 90 valence electrons. The van der Waals surface area contributed by atoms with Crippen molar-refractivity contribution >= 4 is 5.97 Å². The van der Waals surface area contributed by atoms with Gasteiger partial charge in [0.2, 0.25) is 0 Å².